The number of carboxylic acid groups (broad SMARTS) is 2. The number of primary amides is 1. The van der Waals surface area contributed by atoms with Crippen molar-refractivity contribution in [3.05, 3.63) is 0 Å². The first-order valence-corrected chi connectivity index (χ1v) is 9.80. The first kappa shape index (κ1) is 27.5. The van der Waals surface area contributed by atoms with Gasteiger partial charge in [0.2, 0.25) is 23.6 Å². The Morgan fingerprint density at radius 1 is 0.800 bits per heavy atom. The molecular formula is C15H25N5O8S2. The fraction of sp³-hybridized carbons (Fsp3) is 0.600. The Balaban J connectivity index is 5.26. The third-order valence-corrected chi connectivity index (χ3v) is 4.41. The summed E-state index contributed by atoms with van der Waals surface area (Å²) in [5.41, 5.74) is 10.4. The number of rotatable bonds is 14. The van der Waals surface area contributed by atoms with Crippen molar-refractivity contribution in [2.75, 3.05) is 11.5 Å². The van der Waals surface area contributed by atoms with Gasteiger partial charge in [-0.1, -0.05) is 0 Å². The Morgan fingerprint density at radius 3 is 1.73 bits per heavy atom. The van der Waals surface area contributed by atoms with E-state index in [1.807, 2.05) is 5.32 Å². The molecule has 0 saturated heterocycles. The standard InChI is InChI=1S/C15H25N5O8S2/c16-6(4-29)12(24)18-7(1-2-11(22)23)13(25)20-9(5-30)14(26)19-8(15(27)28)3-10(17)21/h6-9,29-30H,1-5,16H2,(H2,17,21)(H,18,24)(H,19,26)(H,20,25)(H,22,23)(H,27,28). The number of amides is 4. The lowest BCUT2D eigenvalue weighted by Crippen LogP contribution is -2.58. The lowest BCUT2D eigenvalue weighted by Gasteiger charge is -2.24. The first-order chi connectivity index (χ1) is 13.9. The van der Waals surface area contributed by atoms with Crippen LogP contribution in [0, 0.1) is 0 Å². The van der Waals surface area contributed by atoms with Crippen LogP contribution in [0.2, 0.25) is 0 Å². The molecule has 0 aliphatic carbocycles. The first-order valence-electron chi connectivity index (χ1n) is 8.54. The second kappa shape index (κ2) is 13.7. The maximum atomic E-state index is 12.5. The molecule has 0 aromatic carbocycles. The molecule has 30 heavy (non-hydrogen) atoms. The van der Waals surface area contributed by atoms with Crippen LogP contribution in [0.4, 0.5) is 0 Å². The molecule has 15 heteroatoms. The van der Waals surface area contributed by atoms with E-state index in [1.165, 1.54) is 0 Å². The highest BCUT2D eigenvalue weighted by Gasteiger charge is 2.30. The topological polar surface area (TPSA) is 231 Å². The van der Waals surface area contributed by atoms with Crippen molar-refractivity contribution < 1.29 is 39.0 Å². The van der Waals surface area contributed by atoms with Gasteiger partial charge in [-0.2, -0.15) is 25.3 Å². The van der Waals surface area contributed by atoms with Gasteiger partial charge in [-0.15, -0.1) is 0 Å². The largest absolute Gasteiger partial charge is 0.481 e. The highest BCUT2D eigenvalue weighted by Crippen LogP contribution is 2.02. The van der Waals surface area contributed by atoms with Gasteiger partial charge in [0, 0.05) is 17.9 Å². The number of thiol groups is 2. The van der Waals surface area contributed by atoms with Crippen LogP contribution in [0.1, 0.15) is 19.3 Å². The Labute approximate surface area is 182 Å². The van der Waals surface area contributed by atoms with Gasteiger partial charge in [0.15, 0.2) is 0 Å². The fourth-order valence-corrected chi connectivity index (χ4v) is 2.46. The Morgan fingerprint density at radius 2 is 1.30 bits per heavy atom. The number of carbonyl (C=O) groups excluding carboxylic acids is 4. The SMILES string of the molecule is NC(=O)CC(NC(=O)C(CS)NC(=O)C(CCC(=O)O)NC(=O)C(N)CS)C(=O)O. The highest BCUT2D eigenvalue weighted by molar-refractivity contribution is 7.80. The molecule has 0 bridgehead atoms. The predicted octanol–water partition coefficient (Wildman–Crippen LogP) is -3.55. The van der Waals surface area contributed by atoms with Crippen molar-refractivity contribution in [3.8, 4) is 0 Å². The van der Waals surface area contributed by atoms with Crippen molar-refractivity contribution in [3.63, 3.8) is 0 Å². The molecule has 4 unspecified atom stereocenters. The normalized spacial score (nSPS) is 14.5. The highest BCUT2D eigenvalue weighted by atomic mass is 32.1. The molecule has 0 spiro atoms. The zero-order valence-electron chi connectivity index (χ0n) is 15.7. The van der Waals surface area contributed by atoms with Crippen LogP contribution in [0.25, 0.3) is 0 Å². The predicted molar refractivity (Wildman–Crippen MR) is 110 cm³/mol. The minimum Gasteiger partial charge on any atom is -0.481 e. The molecule has 0 aliphatic heterocycles. The minimum atomic E-state index is -1.62. The lowest BCUT2D eigenvalue weighted by atomic mass is 10.1. The summed E-state index contributed by atoms with van der Waals surface area (Å²) >= 11 is 7.78. The average Bonchev–Trinajstić information content (AvgIpc) is 2.66. The van der Waals surface area contributed by atoms with E-state index in [2.05, 4.69) is 35.9 Å². The molecule has 4 atom stereocenters. The fourth-order valence-electron chi connectivity index (χ4n) is 2.04. The molecule has 170 valence electrons. The molecule has 0 aromatic heterocycles. The van der Waals surface area contributed by atoms with E-state index in [9.17, 15) is 28.8 Å². The zero-order chi connectivity index (χ0) is 23.4. The van der Waals surface area contributed by atoms with Crippen molar-refractivity contribution in [1.29, 1.82) is 0 Å². The summed E-state index contributed by atoms with van der Waals surface area (Å²) in [4.78, 5) is 69.6. The van der Waals surface area contributed by atoms with Crippen LogP contribution in [0.5, 0.6) is 0 Å². The van der Waals surface area contributed by atoms with Gasteiger partial charge >= 0.3 is 11.9 Å². The van der Waals surface area contributed by atoms with Crippen molar-refractivity contribution in [1.82, 2.24) is 16.0 Å². The molecule has 0 rings (SSSR count). The summed E-state index contributed by atoms with van der Waals surface area (Å²) in [7, 11) is 0. The van der Waals surface area contributed by atoms with Gasteiger partial charge in [0.1, 0.15) is 18.1 Å². The third-order valence-electron chi connectivity index (χ3n) is 3.65. The molecule has 0 fully saturated rings. The van der Waals surface area contributed by atoms with Gasteiger partial charge in [-0.3, -0.25) is 24.0 Å². The van der Waals surface area contributed by atoms with Crippen LogP contribution >= 0.6 is 25.3 Å². The van der Waals surface area contributed by atoms with Gasteiger partial charge in [0.05, 0.1) is 12.5 Å². The summed E-state index contributed by atoms with van der Waals surface area (Å²) in [5.74, 6) is -6.64. The maximum absolute atomic E-state index is 12.5. The smallest absolute Gasteiger partial charge is 0.326 e. The second-order valence-corrected chi connectivity index (χ2v) is 6.83. The van der Waals surface area contributed by atoms with Crippen LogP contribution in [-0.2, 0) is 28.8 Å². The Hall–Kier alpha value is -2.52. The number of aliphatic carboxylic acids is 2. The van der Waals surface area contributed by atoms with Gasteiger partial charge in [-0.05, 0) is 6.42 Å². The van der Waals surface area contributed by atoms with Crippen LogP contribution in [0.15, 0.2) is 0 Å². The van der Waals surface area contributed by atoms with Crippen LogP contribution in [-0.4, -0.2) is 81.5 Å². The molecule has 4 amide bonds. The molecule has 0 aromatic rings. The maximum Gasteiger partial charge on any atom is 0.326 e. The number of nitrogens with two attached hydrogens (primary N) is 2. The van der Waals surface area contributed by atoms with Crippen molar-refractivity contribution >= 4 is 60.8 Å². The van der Waals surface area contributed by atoms with E-state index in [0.717, 1.165) is 0 Å². The van der Waals surface area contributed by atoms with Crippen LogP contribution < -0.4 is 27.4 Å². The van der Waals surface area contributed by atoms with E-state index < -0.39 is 72.6 Å². The molecule has 0 heterocycles. The molecule has 0 saturated carbocycles. The number of hydrogen-bond acceptors (Lipinski definition) is 9. The second-order valence-electron chi connectivity index (χ2n) is 6.10. The Bertz CT molecular complexity index is 677. The molecule has 0 aliphatic rings. The molecular weight excluding hydrogens is 442 g/mol. The van der Waals surface area contributed by atoms with E-state index in [0.29, 0.717) is 0 Å². The number of nitrogens with one attached hydrogen (secondary N) is 3. The third kappa shape index (κ3) is 10.3. The van der Waals surface area contributed by atoms with E-state index >= 15 is 0 Å². The molecule has 0 radical (unpaired) electrons. The van der Waals surface area contributed by atoms with E-state index in [4.69, 9.17) is 21.7 Å². The lowest BCUT2D eigenvalue weighted by molar-refractivity contribution is -0.143. The van der Waals surface area contributed by atoms with Crippen molar-refractivity contribution in [2.24, 2.45) is 11.5 Å². The Kier molecular flexibility index (Phi) is 12.5. The van der Waals surface area contributed by atoms with E-state index in [1.54, 1.807) is 0 Å². The molecule has 13 nitrogen and oxygen atoms in total. The van der Waals surface area contributed by atoms with Gasteiger partial charge in [0.25, 0.3) is 0 Å². The zero-order valence-corrected chi connectivity index (χ0v) is 17.5. The molecule has 9 N–H and O–H groups in total. The minimum absolute atomic E-state index is 0.0305. The van der Waals surface area contributed by atoms with E-state index in [-0.39, 0.29) is 17.9 Å². The summed E-state index contributed by atoms with van der Waals surface area (Å²) in [6, 6.07) is -5.36. The summed E-state index contributed by atoms with van der Waals surface area (Å²) in [5, 5.41) is 24.4. The number of carboxylic acids is 2. The van der Waals surface area contributed by atoms with Crippen LogP contribution in [0.3, 0.4) is 0 Å². The summed E-state index contributed by atoms with van der Waals surface area (Å²) in [6.07, 6.45) is -1.44. The summed E-state index contributed by atoms with van der Waals surface area (Å²) in [6.45, 7) is 0. The van der Waals surface area contributed by atoms with Crippen molar-refractivity contribution in [2.45, 2.75) is 43.4 Å². The van der Waals surface area contributed by atoms with Gasteiger partial charge < -0.3 is 37.6 Å². The number of hydrogen-bond donors (Lipinski definition) is 9. The summed E-state index contributed by atoms with van der Waals surface area (Å²) < 4.78 is 0. The number of carbonyl (C=O) groups is 6. The quantitative estimate of drug-likeness (QED) is 0.115. The average molecular weight is 468 g/mol. The van der Waals surface area contributed by atoms with Gasteiger partial charge in [-0.25, -0.2) is 4.79 Å². The monoisotopic (exact) mass is 467 g/mol.